The molecule has 5 nitrogen and oxygen atoms in total. The van der Waals surface area contributed by atoms with E-state index in [-0.39, 0.29) is 17.7 Å². The fourth-order valence-electron chi connectivity index (χ4n) is 1.73. The van der Waals surface area contributed by atoms with Gasteiger partial charge in [0.1, 0.15) is 0 Å². The number of anilines is 1. The fourth-order valence-corrected chi connectivity index (χ4v) is 2.00. The van der Waals surface area contributed by atoms with E-state index in [1.807, 2.05) is 0 Å². The molecule has 1 rings (SSSR count). The normalized spacial score (nSPS) is 11.8. The Balaban J connectivity index is 2.79. The van der Waals surface area contributed by atoms with Crippen molar-refractivity contribution in [1.82, 2.24) is 10.2 Å². The molecular formula is C13H18ClN3O2. The Kier molecular flexibility index (Phi) is 5.18. The van der Waals surface area contributed by atoms with Crippen LogP contribution in [0, 0.1) is 5.92 Å². The van der Waals surface area contributed by atoms with Gasteiger partial charge in [-0.05, 0) is 18.2 Å². The van der Waals surface area contributed by atoms with Crippen molar-refractivity contribution >= 4 is 29.1 Å². The second-order valence-electron chi connectivity index (χ2n) is 4.44. The summed E-state index contributed by atoms with van der Waals surface area (Å²) in [4.78, 5) is 25.1. The van der Waals surface area contributed by atoms with Crippen molar-refractivity contribution in [3.63, 3.8) is 0 Å². The van der Waals surface area contributed by atoms with Gasteiger partial charge in [-0.2, -0.15) is 0 Å². The Hall–Kier alpha value is -1.75. The predicted molar refractivity (Wildman–Crippen MR) is 76.1 cm³/mol. The van der Waals surface area contributed by atoms with Gasteiger partial charge in [-0.25, -0.2) is 0 Å². The summed E-state index contributed by atoms with van der Waals surface area (Å²) in [5.41, 5.74) is 6.46. The molecule has 0 aliphatic rings. The second-order valence-corrected chi connectivity index (χ2v) is 4.85. The molecule has 3 N–H and O–H groups in total. The first-order chi connectivity index (χ1) is 8.86. The Morgan fingerprint density at radius 2 is 2.11 bits per heavy atom. The summed E-state index contributed by atoms with van der Waals surface area (Å²) < 4.78 is 0. The minimum absolute atomic E-state index is 0.108. The quantitative estimate of drug-likeness (QED) is 0.820. The Bertz CT molecular complexity index is 491. The summed E-state index contributed by atoms with van der Waals surface area (Å²) in [6.07, 6.45) is 0. The Morgan fingerprint density at radius 1 is 1.47 bits per heavy atom. The van der Waals surface area contributed by atoms with E-state index in [9.17, 15) is 9.59 Å². The number of amides is 2. The summed E-state index contributed by atoms with van der Waals surface area (Å²) in [5, 5.41) is 2.86. The molecule has 0 fully saturated rings. The molecule has 0 spiro atoms. The molecule has 6 heteroatoms. The van der Waals surface area contributed by atoms with E-state index >= 15 is 0 Å². The number of nitrogens with two attached hydrogens (primary N) is 1. The van der Waals surface area contributed by atoms with E-state index in [1.54, 1.807) is 33.2 Å². The molecular weight excluding hydrogens is 266 g/mol. The monoisotopic (exact) mass is 283 g/mol. The van der Waals surface area contributed by atoms with Crippen LogP contribution in [0.3, 0.4) is 0 Å². The molecule has 0 aliphatic heterocycles. The summed E-state index contributed by atoms with van der Waals surface area (Å²) in [6.45, 7) is 2.08. The SMILES string of the molecule is CNC(=O)C(C)CN(C)C(=O)c1ccc(N)cc1Cl. The van der Waals surface area contributed by atoms with Crippen molar-refractivity contribution in [3.05, 3.63) is 28.8 Å². The summed E-state index contributed by atoms with van der Waals surface area (Å²) in [5.74, 6) is -0.629. The molecule has 0 heterocycles. The highest BCUT2D eigenvalue weighted by molar-refractivity contribution is 6.34. The van der Waals surface area contributed by atoms with E-state index in [0.29, 0.717) is 22.8 Å². The van der Waals surface area contributed by atoms with Gasteiger partial charge in [-0.15, -0.1) is 0 Å². The lowest BCUT2D eigenvalue weighted by molar-refractivity contribution is -0.124. The van der Waals surface area contributed by atoms with E-state index < -0.39 is 0 Å². The third-order valence-electron chi connectivity index (χ3n) is 2.81. The lowest BCUT2D eigenvalue weighted by Gasteiger charge is -2.21. The van der Waals surface area contributed by atoms with Crippen LogP contribution in [0.1, 0.15) is 17.3 Å². The molecule has 1 aromatic carbocycles. The highest BCUT2D eigenvalue weighted by Gasteiger charge is 2.20. The molecule has 2 amide bonds. The smallest absolute Gasteiger partial charge is 0.255 e. The van der Waals surface area contributed by atoms with Crippen molar-refractivity contribution in [2.24, 2.45) is 5.92 Å². The van der Waals surface area contributed by atoms with Gasteiger partial charge in [0, 0.05) is 26.3 Å². The number of halogens is 1. The van der Waals surface area contributed by atoms with Crippen LogP contribution in [0.15, 0.2) is 18.2 Å². The Labute approximate surface area is 117 Å². The number of nitrogen functional groups attached to an aromatic ring is 1. The van der Waals surface area contributed by atoms with Crippen LogP contribution in [0.2, 0.25) is 5.02 Å². The molecule has 1 aromatic rings. The molecule has 19 heavy (non-hydrogen) atoms. The topological polar surface area (TPSA) is 75.4 Å². The number of nitrogens with zero attached hydrogens (tertiary/aromatic N) is 1. The highest BCUT2D eigenvalue weighted by atomic mass is 35.5. The molecule has 1 atom stereocenters. The maximum atomic E-state index is 12.2. The van der Waals surface area contributed by atoms with Crippen LogP contribution in [0.25, 0.3) is 0 Å². The van der Waals surface area contributed by atoms with Gasteiger partial charge in [-0.3, -0.25) is 9.59 Å². The molecule has 104 valence electrons. The van der Waals surface area contributed by atoms with Gasteiger partial charge in [0.25, 0.3) is 5.91 Å². The maximum absolute atomic E-state index is 12.2. The van der Waals surface area contributed by atoms with Crippen LogP contribution in [0.5, 0.6) is 0 Å². The van der Waals surface area contributed by atoms with Crippen molar-refractivity contribution in [3.8, 4) is 0 Å². The van der Waals surface area contributed by atoms with Crippen molar-refractivity contribution in [1.29, 1.82) is 0 Å². The predicted octanol–water partition coefficient (Wildman–Crippen LogP) is 1.38. The zero-order valence-corrected chi connectivity index (χ0v) is 12.0. The number of carbonyl (C=O) groups is 2. The first-order valence-corrected chi connectivity index (χ1v) is 6.26. The van der Waals surface area contributed by atoms with Crippen LogP contribution >= 0.6 is 11.6 Å². The maximum Gasteiger partial charge on any atom is 0.255 e. The molecule has 0 aliphatic carbocycles. The molecule has 0 bridgehead atoms. The molecule has 0 aromatic heterocycles. The van der Waals surface area contributed by atoms with Crippen molar-refractivity contribution in [2.45, 2.75) is 6.92 Å². The molecule has 0 saturated heterocycles. The first-order valence-electron chi connectivity index (χ1n) is 5.89. The number of rotatable bonds is 4. The van der Waals surface area contributed by atoms with Gasteiger partial charge >= 0.3 is 0 Å². The van der Waals surface area contributed by atoms with Gasteiger partial charge in [0.05, 0.1) is 16.5 Å². The van der Waals surface area contributed by atoms with Gasteiger partial charge in [-0.1, -0.05) is 18.5 Å². The zero-order chi connectivity index (χ0) is 14.6. The van der Waals surface area contributed by atoms with Crippen molar-refractivity contribution in [2.75, 3.05) is 26.4 Å². The Morgan fingerprint density at radius 3 is 2.63 bits per heavy atom. The highest BCUT2D eigenvalue weighted by Crippen LogP contribution is 2.20. The third kappa shape index (κ3) is 3.86. The van der Waals surface area contributed by atoms with Gasteiger partial charge in [0.15, 0.2) is 0 Å². The number of benzene rings is 1. The van der Waals surface area contributed by atoms with Crippen LogP contribution < -0.4 is 11.1 Å². The van der Waals surface area contributed by atoms with Crippen molar-refractivity contribution < 1.29 is 9.59 Å². The number of carbonyl (C=O) groups excluding carboxylic acids is 2. The van der Waals surface area contributed by atoms with Crippen LogP contribution in [-0.4, -0.2) is 37.4 Å². The van der Waals surface area contributed by atoms with Gasteiger partial charge < -0.3 is 16.0 Å². The lowest BCUT2D eigenvalue weighted by Crippen LogP contribution is -2.37. The number of nitrogens with one attached hydrogen (secondary N) is 1. The van der Waals surface area contributed by atoms with Gasteiger partial charge in [0.2, 0.25) is 5.91 Å². The van der Waals surface area contributed by atoms with Crippen LogP contribution in [0.4, 0.5) is 5.69 Å². The molecule has 0 radical (unpaired) electrons. The average molecular weight is 284 g/mol. The first kappa shape index (κ1) is 15.3. The number of hydrogen-bond donors (Lipinski definition) is 2. The number of hydrogen-bond acceptors (Lipinski definition) is 3. The molecule has 1 unspecified atom stereocenters. The van der Waals surface area contributed by atoms with E-state index in [4.69, 9.17) is 17.3 Å². The minimum Gasteiger partial charge on any atom is -0.399 e. The second kappa shape index (κ2) is 6.43. The summed E-state index contributed by atoms with van der Waals surface area (Å²) >= 11 is 5.99. The standard InChI is InChI=1S/C13H18ClN3O2/c1-8(12(18)16-2)7-17(3)13(19)10-5-4-9(15)6-11(10)14/h4-6,8H,7,15H2,1-3H3,(H,16,18). The summed E-state index contributed by atoms with van der Waals surface area (Å²) in [6, 6.07) is 4.74. The summed E-state index contributed by atoms with van der Waals surface area (Å²) in [7, 11) is 3.20. The van der Waals surface area contributed by atoms with E-state index in [1.165, 1.54) is 11.0 Å². The zero-order valence-electron chi connectivity index (χ0n) is 11.2. The molecule has 0 saturated carbocycles. The third-order valence-corrected chi connectivity index (χ3v) is 3.12. The van der Waals surface area contributed by atoms with E-state index in [2.05, 4.69) is 5.32 Å². The minimum atomic E-state index is -0.286. The van der Waals surface area contributed by atoms with E-state index in [0.717, 1.165) is 0 Å². The van der Waals surface area contributed by atoms with Crippen LogP contribution in [-0.2, 0) is 4.79 Å². The largest absolute Gasteiger partial charge is 0.399 e. The lowest BCUT2D eigenvalue weighted by atomic mass is 10.1. The fraction of sp³-hybridized carbons (Fsp3) is 0.385. The average Bonchev–Trinajstić information content (AvgIpc) is 2.36.